The van der Waals surface area contributed by atoms with Crippen LogP contribution in [0.5, 0.6) is 0 Å². The van der Waals surface area contributed by atoms with Gasteiger partial charge in [-0.2, -0.15) is 0 Å². The minimum Gasteiger partial charge on any atom is -0.409 e. The highest BCUT2D eigenvalue weighted by Crippen LogP contribution is 2.28. The summed E-state index contributed by atoms with van der Waals surface area (Å²) in [6.45, 7) is 3.23. The summed E-state index contributed by atoms with van der Waals surface area (Å²) in [7, 11) is 0. The van der Waals surface area contributed by atoms with Gasteiger partial charge >= 0.3 is 0 Å². The van der Waals surface area contributed by atoms with Crippen molar-refractivity contribution in [3.63, 3.8) is 0 Å². The van der Waals surface area contributed by atoms with Gasteiger partial charge in [-0.3, -0.25) is 0 Å². The number of oxime groups is 1. The van der Waals surface area contributed by atoms with Gasteiger partial charge in [0.15, 0.2) is 5.84 Å². The normalized spacial score (nSPS) is 20.2. The van der Waals surface area contributed by atoms with Crippen LogP contribution < -0.4 is 10.6 Å². The number of benzene rings is 1. The molecule has 0 bridgehead atoms. The summed E-state index contributed by atoms with van der Waals surface area (Å²) in [5, 5.41) is 11.3. The van der Waals surface area contributed by atoms with Gasteiger partial charge in [0.2, 0.25) is 0 Å². The molecular formula is C13H17F2N3O2. The Morgan fingerprint density at radius 1 is 1.50 bits per heavy atom. The zero-order valence-corrected chi connectivity index (χ0v) is 11.1. The second kappa shape index (κ2) is 6.04. The Morgan fingerprint density at radius 2 is 2.15 bits per heavy atom. The molecule has 1 heterocycles. The summed E-state index contributed by atoms with van der Waals surface area (Å²) < 4.78 is 33.7. The van der Waals surface area contributed by atoms with Crippen molar-refractivity contribution < 1.29 is 18.7 Å². The van der Waals surface area contributed by atoms with E-state index in [1.54, 1.807) is 4.90 Å². The monoisotopic (exact) mass is 285 g/mol. The topological polar surface area (TPSA) is 71.1 Å². The Hall–Kier alpha value is -1.89. The molecule has 1 fully saturated rings. The minimum absolute atomic E-state index is 0.00700. The molecule has 1 unspecified atom stereocenters. The molecule has 5 nitrogen and oxygen atoms in total. The Morgan fingerprint density at radius 3 is 2.70 bits per heavy atom. The highest BCUT2D eigenvalue weighted by atomic mass is 19.1. The smallest absolute Gasteiger partial charge is 0.170 e. The van der Waals surface area contributed by atoms with E-state index in [0.717, 1.165) is 18.6 Å². The van der Waals surface area contributed by atoms with Crippen molar-refractivity contribution in [1.29, 1.82) is 0 Å². The Kier molecular flexibility index (Phi) is 4.39. The number of halogens is 2. The Labute approximate surface area is 115 Å². The molecule has 1 aromatic rings. The van der Waals surface area contributed by atoms with Crippen molar-refractivity contribution in [1.82, 2.24) is 0 Å². The Bertz CT molecular complexity index is 499. The number of morpholine rings is 1. The number of hydrogen-bond donors (Lipinski definition) is 2. The highest BCUT2D eigenvalue weighted by molar-refractivity contribution is 5.97. The van der Waals surface area contributed by atoms with Gasteiger partial charge in [0.1, 0.15) is 17.3 Å². The highest BCUT2D eigenvalue weighted by Gasteiger charge is 2.27. The Balaban J connectivity index is 2.41. The predicted octanol–water partition coefficient (Wildman–Crippen LogP) is 1.67. The third-order valence-corrected chi connectivity index (χ3v) is 3.41. The van der Waals surface area contributed by atoms with E-state index < -0.39 is 11.6 Å². The first-order valence-electron chi connectivity index (χ1n) is 6.39. The number of nitrogens with two attached hydrogens (primary N) is 1. The van der Waals surface area contributed by atoms with Gasteiger partial charge < -0.3 is 20.6 Å². The fourth-order valence-electron chi connectivity index (χ4n) is 2.33. The van der Waals surface area contributed by atoms with E-state index in [2.05, 4.69) is 5.16 Å². The molecular weight excluding hydrogens is 268 g/mol. The zero-order valence-electron chi connectivity index (χ0n) is 11.1. The van der Waals surface area contributed by atoms with Gasteiger partial charge in [-0.05, 0) is 18.6 Å². The standard InChI is InChI=1S/C13H17F2N3O2/c1-2-9-7-20-4-3-18(9)12-10(14)5-8(6-11(12)15)13(16)17-19/h5-6,9,19H,2-4,7H2,1H3,(H2,16,17). The lowest BCUT2D eigenvalue weighted by Gasteiger charge is -2.37. The molecule has 0 spiro atoms. The average molecular weight is 285 g/mol. The molecule has 0 saturated carbocycles. The molecule has 0 amide bonds. The van der Waals surface area contributed by atoms with E-state index in [1.165, 1.54) is 0 Å². The summed E-state index contributed by atoms with van der Waals surface area (Å²) in [6.07, 6.45) is 0.723. The third-order valence-electron chi connectivity index (χ3n) is 3.41. The van der Waals surface area contributed by atoms with Gasteiger partial charge in [0.25, 0.3) is 0 Å². The molecule has 110 valence electrons. The molecule has 20 heavy (non-hydrogen) atoms. The van der Waals surface area contributed by atoms with E-state index in [-0.39, 0.29) is 23.1 Å². The van der Waals surface area contributed by atoms with E-state index in [0.29, 0.717) is 19.8 Å². The van der Waals surface area contributed by atoms with Crippen LogP contribution in [-0.2, 0) is 4.74 Å². The first-order valence-corrected chi connectivity index (χ1v) is 6.39. The van der Waals surface area contributed by atoms with Crippen LogP contribution in [0.4, 0.5) is 14.5 Å². The molecule has 3 N–H and O–H groups in total. The van der Waals surface area contributed by atoms with Gasteiger partial charge in [-0.1, -0.05) is 12.1 Å². The number of anilines is 1. The number of ether oxygens (including phenoxy) is 1. The third kappa shape index (κ3) is 2.67. The quantitative estimate of drug-likeness (QED) is 0.383. The second-order valence-electron chi connectivity index (χ2n) is 4.60. The van der Waals surface area contributed by atoms with Crippen LogP contribution in [0.25, 0.3) is 0 Å². The lowest BCUT2D eigenvalue weighted by atomic mass is 10.1. The summed E-state index contributed by atoms with van der Waals surface area (Å²) >= 11 is 0. The average Bonchev–Trinajstić information content (AvgIpc) is 2.46. The van der Waals surface area contributed by atoms with Crippen molar-refractivity contribution >= 4 is 11.5 Å². The molecule has 7 heteroatoms. The molecule has 1 aliphatic rings. The molecule has 1 aromatic carbocycles. The summed E-state index contributed by atoms with van der Waals surface area (Å²) in [5.41, 5.74) is 5.27. The fourth-order valence-corrected chi connectivity index (χ4v) is 2.33. The van der Waals surface area contributed by atoms with E-state index >= 15 is 0 Å². The van der Waals surface area contributed by atoms with Crippen LogP contribution in [0.15, 0.2) is 17.3 Å². The SMILES string of the molecule is CCC1COCCN1c1c(F)cc(C(N)=NO)cc1F. The molecule has 0 radical (unpaired) electrons. The van der Waals surface area contributed by atoms with Crippen molar-refractivity contribution in [2.45, 2.75) is 19.4 Å². The second-order valence-corrected chi connectivity index (χ2v) is 4.60. The van der Waals surface area contributed by atoms with Crippen LogP contribution in [0.1, 0.15) is 18.9 Å². The maximum Gasteiger partial charge on any atom is 0.170 e. The minimum atomic E-state index is -0.730. The van der Waals surface area contributed by atoms with E-state index in [9.17, 15) is 8.78 Å². The van der Waals surface area contributed by atoms with Crippen molar-refractivity contribution in [2.75, 3.05) is 24.7 Å². The lowest BCUT2D eigenvalue weighted by Crippen LogP contribution is -2.46. The number of hydrogen-bond acceptors (Lipinski definition) is 4. The van der Waals surface area contributed by atoms with Crippen LogP contribution in [-0.4, -0.2) is 36.8 Å². The van der Waals surface area contributed by atoms with Gasteiger partial charge in [-0.25, -0.2) is 8.78 Å². The zero-order chi connectivity index (χ0) is 14.7. The molecule has 0 aliphatic carbocycles. The lowest BCUT2D eigenvalue weighted by molar-refractivity contribution is 0.0922. The van der Waals surface area contributed by atoms with Crippen LogP contribution in [0.2, 0.25) is 0 Å². The number of nitrogens with zero attached hydrogens (tertiary/aromatic N) is 2. The summed E-state index contributed by atoms with van der Waals surface area (Å²) in [5.74, 6) is -1.79. The van der Waals surface area contributed by atoms with Crippen molar-refractivity contribution in [3.8, 4) is 0 Å². The van der Waals surface area contributed by atoms with Crippen LogP contribution >= 0.6 is 0 Å². The maximum atomic E-state index is 14.2. The fraction of sp³-hybridized carbons (Fsp3) is 0.462. The molecule has 1 atom stereocenters. The van der Waals surface area contributed by atoms with E-state index in [1.807, 2.05) is 6.92 Å². The predicted molar refractivity (Wildman–Crippen MR) is 71.1 cm³/mol. The summed E-state index contributed by atoms with van der Waals surface area (Å²) in [4.78, 5) is 1.67. The van der Waals surface area contributed by atoms with E-state index in [4.69, 9.17) is 15.7 Å². The summed E-state index contributed by atoms with van der Waals surface area (Å²) in [6, 6.07) is 2.06. The van der Waals surface area contributed by atoms with Crippen molar-refractivity contribution in [3.05, 3.63) is 29.3 Å². The van der Waals surface area contributed by atoms with Gasteiger partial charge in [0.05, 0.1) is 19.3 Å². The van der Waals surface area contributed by atoms with Gasteiger partial charge in [-0.15, -0.1) is 0 Å². The molecule has 1 aliphatic heterocycles. The van der Waals surface area contributed by atoms with Gasteiger partial charge in [0, 0.05) is 12.1 Å². The molecule has 0 aromatic heterocycles. The van der Waals surface area contributed by atoms with Crippen LogP contribution in [0.3, 0.4) is 0 Å². The largest absolute Gasteiger partial charge is 0.409 e. The molecule has 1 saturated heterocycles. The number of amidine groups is 1. The first kappa shape index (κ1) is 14.5. The molecule has 2 rings (SSSR count). The van der Waals surface area contributed by atoms with Crippen molar-refractivity contribution in [2.24, 2.45) is 10.9 Å². The number of rotatable bonds is 3. The maximum absolute atomic E-state index is 14.2. The first-order chi connectivity index (χ1) is 9.58. The van der Waals surface area contributed by atoms with Crippen LogP contribution in [0, 0.1) is 11.6 Å².